The largest absolute Gasteiger partial charge is 0.481 e. The van der Waals surface area contributed by atoms with Crippen molar-refractivity contribution in [2.24, 2.45) is 0 Å². The maximum Gasteiger partial charge on any atom is 0.312 e. The van der Waals surface area contributed by atoms with Crippen molar-refractivity contribution in [2.75, 3.05) is 20.1 Å². The third-order valence-corrected chi connectivity index (χ3v) is 3.35. The average Bonchev–Trinajstić information content (AvgIpc) is 2.46. The number of benzene rings is 1. The van der Waals surface area contributed by atoms with E-state index in [1.165, 1.54) is 0 Å². The third-order valence-electron chi connectivity index (χ3n) is 3.35. The van der Waals surface area contributed by atoms with Gasteiger partial charge in [0.15, 0.2) is 0 Å². The zero-order valence-electron chi connectivity index (χ0n) is 12.2. The first-order valence-electron chi connectivity index (χ1n) is 6.73. The van der Waals surface area contributed by atoms with E-state index >= 15 is 0 Å². The Morgan fingerprint density at radius 2 is 1.90 bits per heavy atom. The van der Waals surface area contributed by atoms with Gasteiger partial charge in [-0.3, -0.25) is 9.59 Å². The molecule has 0 fully saturated rings. The summed E-state index contributed by atoms with van der Waals surface area (Å²) >= 11 is 0. The van der Waals surface area contributed by atoms with Crippen LogP contribution < -0.4 is 5.32 Å². The van der Waals surface area contributed by atoms with Crippen LogP contribution in [-0.4, -0.2) is 48.1 Å². The zero-order chi connectivity index (χ0) is 15.1. The van der Waals surface area contributed by atoms with Crippen LogP contribution >= 0.6 is 0 Å². The minimum Gasteiger partial charge on any atom is -0.481 e. The van der Waals surface area contributed by atoms with Crippen LogP contribution in [-0.2, 0) is 9.59 Å². The van der Waals surface area contributed by atoms with Crippen LogP contribution in [0.15, 0.2) is 30.3 Å². The minimum absolute atomic E-state index is 0.0373. The van der Waals surface area contributed by atoms with Gasteiger partial charge in [0.2, 0.25) is 5.91 Å². The van der Waals surface area contributed by atoms with Crippen LogP contribution in [0.4, 0.5) is 0 Å². The lowest BCUT2D eigenvalue weighted by molar-refractivity contribution is -0.139. The Labute approximate surface area is 119 Å². The molecular formula is C15H22N2O3. The highest BCUT2D eigenvalue weighted by atomic mass is 16.4. The predicted molar refractivity (Wildman–Crippen MR) is 77.6 cm³/mol. The van der Waals surface area contributed by atoms with E-state index in [-0.39, 0.29) is 12.5 Å². The van der Waals surface area contributed by atoms with Crippen LogP contribution in [0.1, 0.15) is 25.3 Å². The number of nitrogens with zero attached hydrogens (tertiary/aromatic N) is 1. The molecule has 0 spiro atoms. The van der Waals surface area contributed by atoms with Crippen molar-refractivity contribution in [3.8, 4) is 0 Å². The number of carboxylic acids is 1. The molecule has 1 amide bonds. The van der Waals surface area contributed by atoms with Crippen molar-refractivity contribution >= 4 is 11.9 Å². The molecule has 2 N–H and O–H groups in total. The topological polar surface area (TPSA) is 69.6 Å². The first-order valence-corrected chi connectivity index (χ1v) is 6.73. The number of carbonyl (C=O) groups excluding carboxylic acids is 1. The zero-order valence-corrected chi connectivity index (χ0v) is 12.2. The van der Waals surface area contributed by atoms with Crippen molar-refractivity contribution in [3.05, 3.63) is 35.9 Å². The molecule has 0 aliphatic rings. The van der Waals surface area contributed by atoms with Crippen LogP contribution in [0.2, 0.25) is 0 Å². The van der Waals surface area contributed by atoms with Gasteiger partial charge in [0.1, 0.15) is 0 Å². The maximum atomic E-state index is 11.9. The van der Waals surface area contributed by atoms with Crippen LogP contribution in [0.5, 0.6) is 0 Å². The molecule has 5 nitrogen and oxygen atoms in total. The van der Waals surface area contributed by atoms with E-state index in [9.17, 15) is 14.7 Å². The van der Waals surface area contributed by atoms with Crippen molar-refractivity contribution in [2.45, 2.75) is 25.8 Å². The molecule has 0 aromatic heterocycles. The standard InChI is InChI=1S/C15H22N2O3/c1-4-17(3)14(18)11(2)16-10-13(15(19)20)12-8-6-5-7-9-12/h5-9,11,13,16H,4,10H2,1-3H3,(H,19,20). The molecule has 2 atom stereocenters. The fourth-order valence-electron chi connectivity index (χ4n) is 1.90. The Kier molecular flexibility index (Phi) is 6.18. The second-order valence-electron chi connectivity index (χ2n) is 4.78. The smallest absolute Gasteiger partial charge is 0.312 e. The van der Waals surface area contributed by atoms with Gasteiger partial charge in [0.05, 0.1) is 12.0 Å². The first-order chi connectivity index (χ1) is 9.47. The summed E-state index contributed by atoms with van der Waals surface area (Å²) in [6.45, 7) is 4.50. The van der Waals surface area contributed by atoms with E-state index in [4.69, 9.17) is 0 Å². The van der Waals surface area contributed by atoms with E-state index in [1.807, 2.05) is 25.1 Å². The molecule has 20 heavy (non-hydrogen) atoms. The lowest BCUT2D eigenvalue weighted by atomic mass is 9.99. The van der Waals surface area contributed by atoms with E-state index < -0.39 is 17.9 Å². The van der Waals surface area contributed by atoms with Gasteiger partial charge in [0.25, 0.3) is 0 Å². The maximum absolute atomic E-state index is 11.9. The molecule has 1 aromatic carbocycles. The van der Waals surface area contributed by atoms with Gasteiger partial charge in [-0.25, -0.2) is 0 Å². The number of amides is 1. The third kappa shape index (κ3) is 4.35. The number of nitrogens with one attached hydrogen (secondary N) is 1. The fourth-order valence-corrected chi connectivity index (χ4v) is 1.90. The van der Waals surface area contributed by atoms with E-state index in [0.29, 0.717) is 6.54 Å². The van der Waals surface area contributed by atoms with Crippen LogP contribution in [0, 0.1) is 0 Å². The lowest BCUT2D eigenvalue weighted by Crippen LogP contribution is -2.45. The SMILES string of the molecule is CCN(C)C(=O)C(C)NCC(C(=O)O)c1ccccc1. The second kappa shape index (κ2) is 7.65. The monoisotopic (exact) mass is 278 g/mol. The molecule has 0 radical (unpaired) electrons. The molecule has 0 heterocycles. The lowest BCUT2D eigenvalue weighted by Gasteiger charge is -2.22. The second-order valence-corrected chi connectivity index (χ2v) is 4.78. The van der Waals surface area contributed by atoms with Crippen LogP contribution in [0.3, 0.4) is 0 Å². The fraction of sp³-hybridized carbons (Fsp3) is 0.467. The highest BCUT2D eigenvalue weighted by Crippen LogP contribution is 2.15. The molecule has 110 valence electrons. The van der Waals surface area contributed by atoms with Gasteiger partial charge < -0.3 is 15.3 Å². The number of carboxylic acid groups (broad SMARTS) is 1. The normalized spacial score (nSPS) is 13.6. The summed E-state index contributed by atoms with van der Waals surface area (Å²) in [5, 5.41) is 12.3. The highest BCUT2D eigenvalue weighted by Gasteiger charge is 2.22. The highest BCUT2D eigenvalue weighted by molar-refractivity contribution is 5.81. The number of likely N-dealkylation sites (N-methyl/N-ethyl adjacent to an activating group) is 1. The quantitative estimate of drug-likeness (QED) is 0.789. The number of carbonyl (C=O) groups is 2. The first kappa shape index (κ1) is 16.2. The van der Waals surface area contributed by atoms with E-state index in [0.717, 1.165) is 5.56 Å². The Hall–Kier alpha value is -1.88. The summed E-state index contributed by atoms with van der Waals surface area (Å²) in [4.78, 5) is 24.9. The van der Waals surface area contributed by atoms with Gasteiger partial charge in [-0.1, -0.05) is 30.3 Å². The Balaban J connectivity index is 2.65. The van der Waals surface area contributed by atoms with Gasteiger partial charge in [-0.2, -0.15) is 0 Å². The van der Waals surface area contributed by atoms with Crippen molar-refractivity contribution in [1.29, 1.82) is 0 Å². The molecule has 1 aromatic rings. The summed E-state index contributed by atoms with van der Waals surface area (Å²) in [7, 11) is 1.73. The minimum atomic E-state index is -0.896. The molecule has 2 unspecified atom stereocenters. The number of hydrogen-bond acceptors (Lipinski definition) is 3. The molecular weight excluding hydrogens is 256 g/mol. The Bertz CT molecular complexity index is 448. The summed E-state index contributed by atoms with van der Waals surface area (Å²) in [5.41, 5.74) is 0.732. The summed E-state index contributed by atoms with van der Waals surface area (Å²) < 4.78 is 0. The summed E-state index contributed by atoms with van der Waals surface area (Å²) in [6.07, 6.45) is 0. The van der Waals surface area contributed by atoms with Gasteiger partial charge in [-0.05, 0) is 19.4 Å². The van der Waals surface area contributed by atoms with Gasteiger partial charge in [-0.15, -0.1) is 0 Å². The molecule has 5 heteroatoms. The van der Waals surface area contributed by atoms with E-state index in [2.05, 4.69) is 5.32 Å². The number of aliphatic carboxylic acids is 1. The summed E-state index contributed by atoms with van der Waals surface area (Å²) in [6, 6.07) is 8.63. The molecule has 0 bridgehead atoms. The number of hydrogen-bond donors (Lipinski definition) is 2. The average molecular weight is 278 g/mol. The van der Waals surface area contributed by atoms with Gasteiger partial charge >= 0.3 is 5.97 Å². The Morgan fingerprint density at radius 1 is 1.30 bits per heavy atom. The molecule has 0 saturated carbocycles. The molecule has 0 aliphatic heterocycles. The molecule has 0 saturated heterocycles. The van der Waals surface area contributed by atoms with E-state index in [1.54, 1.807) is 31.0 Å². The van der Waals surface area contributed by atoms with Crippen molar-refractivity contribution in [1.82, 2.24) is 10.2 Å². The molecule has 0 aliphatic carbocycles. The Morgan fingerprint density at radius 3 is 2.40 bits per heavy atom. The van der Waals surface area contributed by atoms with Crippen LogP contribution in [0.25, 0.3) is 0 Å². The molecule has 1 rings (SSSR count). The van der Waals surface area contributed by atoms with Crippen molar-refractivity contribution in [3.63, 3.8) is 0 Å². The van der Waals surface area contributed by atoms with Gasteiger partial charge in [0, 0.05) is 20.1 Å². The number of rotatable bonds is 7. The summed E-state index contributed by atoms with van der Waals surface area (Å²) in [5.74, 6) is -1.59. The van der Waals surface area contributed by atoms with Crippen molar-refractivity contribution < 1.29 is 14.7 Å². The predicted octanol–water partition coefficient (Wildman–Crippen LogP) is 1.31.